The fraction of sp³-hybridized carbons (Fsp3) is 0.400. The number of thiophene rings is 1. The number of hydrogen-bond donors (Lipinski definition) is 3. The quantitative estimate of drug-likeness (QED) is 0.211. The topological polar surface area (TPSA) is 126 Å². The molecule has 3 N–H and O–H groups in total. The number of carbonyl (C=O) groups is 1. The summed E-state index contributed by atoms with van der Waals surface area (Å²) in [6, 6.07) is 21.5. The van der Waals surface area contributed by atoms with Crippen LogP contribution < -0.4 is 15.5 Å². The van der Waals surface area contributed by atoms with Crippen molar-refractivity contribution in [3.8, 4) is 17.2 Å². The van der Waals surface area contributed by atoms with E-state index < -0.39 is 34.5 Å². The van der Waals surface area contributed by atoms with Gasteiger partial charge in [-0.1, -0.05) is 56.3 Å². The number of carbonyl (C=O) groups excluding carboxylic acids is 1. The zero-order valence-corrected chi connectivity index (χ0v) is 25.0. The number of hydrogen-bond acceptors (Lipinski definition) is 8. The van der Waals surface area contributed by atoms with Crippen LogP contribution in [0, 0.1) is 17.2 Å². The van der Waals surface area contributed by atoms with Crippen molar-refractivity contribution in [2.45, 2.75) is 32.4 Å². The summed E-state index contributed by atoms with van der Waals surface area (Å²) >= 11 is 1.56. The van der Waals surface area contributed by atoms with Crippen molar-refractivity contribution in [1.82, 2.24) is 15.5 Å². The number of nitrogens with one attached hydrogen (secondary N) is 2. The van der Waals surface area contributed by atoms with Crippen LogP contribution in [0.3, 0.4) is 0 Å². The Kier molecular flexibility index (Phi) is 10.5. The molecular formula is C30H37N5O4S2. The van der Waals surface area contributed by atoms with Crippen LogP contribution >= 0.6 is 11.3 Å². The van der Waals surface area contributed by atoms with Gasteiger partial charge in [0.1, 0.15) is 12.4 Å². The Balaban J connectivity index is 1.58. The third kappa shape index (κ3) is 8.61. The lowest BCUT2D eigenvalue weighted by molar-refractivity contribution is -0.132. The number of nitriles is 1. The van der Waals surface area contributed by atoms with E-state index in [0.717, 1.165) is 52.6 Å². The number of anilines is 1. The Hall–Kier alpha value is -3.27. The van der Waals surface area contributed by atoms with Gasteiger partial charge in [-0.3, -0.25) is 14.7 Å². The normalized spacial score (nSPS) is 15.3. The molecule has 2 aromatic carbocycles. The van der Waals surface area contributed by atoms with Crippen LogP contribution in [0.5, 0.6) is 0 Å². The van der Waals surface area contributed by atoms with E-state index in [1.54, 1.807) is 11.3 Å². The lowest BCUT2D eigenvalue weighted by Gasteiger charge is -2.30. The molecule has 1 aromatic heterocycles. The van der Waals surface area contributed by atoms with Crippen LogP contribution in [0.2, 0.25) is 0 Å². The molecule has 0 radical (unpaired) electrons. The molecule has 0 aliphatic carbocycles. The zero-order chi connectivity index (χ0) is 29.4. The van der Waals surface area contributed by atoms with Gasteiger partial charge in [-0.05, 0) is 52.6 Å². The molecule has 1 amide bonds. The first kappa shape index (κ1) is 30.7. The molecule has 1 saturated heterocycles. The summed E-state index contributed by atoms with van der Waals surface area (Å²) in [5, 5.41) is 18.0. The van der Waals surface area contributed by atoms with E-state index >= 15 is 0 Å². The summed E-state index contributed by atoms with van der Waals surface area (Å²) in [5.74, 6) is -1.36. The van der Waals surface area contributed by atoms with E-state index in [2.05, 4.69) is 51.9 Å². The Morgan fingerprint density at radius 2 is 1.73 bits per heavy atom. The second-order valence-electron chi connectivity index (χ2n) is 10.6. The first-order valence-electron chi connectivity index (χ1n) is 13.7. The summed E-state index contributed by atoms with van der Waals surface area (Å²) < 4.78 is 32.5. The highest BCUT2D eigenvalue weighted by Crippen LogP contribution is 2.30. The summed E-state index contributed by atoms with van der Waals surface area (Å²) in [5.41, 5.74) is 4.36. The predicted molar refractivity (Wildman–Crippen MR) is 163 cm³/mol. The number of amides is 1. The molecule has 11 heteroatoms. The second-order valence-corrected chi connectivity index (χ2v) is 13.0. The molecule has 218 valence electrons. The van der Waals surface area contributed by atoms with E-state index in [9.17, 15) is 23.0 Å². The van der Waals surface area contributed by atoms with E-state index in [-0.39, 0.29) is 12.0 Å². The average Bonchev–Trinajstić information content (AvgIpc) is 3.49. The third-order valence-corrected chi connectivity index (χ3v) is 8.59. The molecule has 1 unspecified atom stereocenters. The summed E-state index contributed by atoms with van der Waals surface area (Å²) in [7, 11) is -4.49. The minimum atomic E-state index is -4.49. The smallest absolute Gasteiger partial charge is 0.283 e. The molecule has 9 nitrogen and oxygen atoms in total. The highest BCUT2D eigenvalue weighted by Gasteiger charge is 2.31. The van der Waals surface area contributed by atoms with Crippen molar-refractivity contribution in [3.63, 3.8) is 0 Å². The molecule has 1 fully saturated rings. The number of rotatable bonds is 12. The van der Waals surface area contributed by atoms with Gasteiger partial charge in [-0.25, -0.2) is 0 Å². The van der Waals surface area contributed by atoms with Crippen molar-refractivity contribution in [3.05, 3.63) is 76.5 Å². The lowest BCUT2D eigenvalue weighted by atomic mass is 9.97. The van der Waals surface area contributed by atoms with Crippen molar-refractivity contribution < 1.29 is 17.8 Å². The van der Waals surface area contributed by atoms with Crippen LogP contribution in [0.4, 0.5) is 5.69 Å². The summed E-state index contributed by atoms with van der Waals surface area (Å²) in [6.07, 6.45) is 0.422. The molecular weight excluding hydrogens is 558 g/mol. The molecule has 4 rings (SSSR count). The number of benzene rings is 2. The van der Waals surface area contributed by atoms with Crippen LogP contribution in [-0.4, -0.2) is 68.4 Å². The van der Waals surface area contributed by atoms with Gasteiger partial charge < -0.3 is 15.1 Å². The minimum Gasteiger partial charge on any atom is -0.369 e. The Labute approximate surface area is 246 Å². The van der Waals surface area contributed by atoms with Gasteiger partial charge in [0.05, 0.1) is 18.2 Å². The largest absolute Gasteiger partial charge is 0.369 e. The van der Waals surface area contributed by atoms with Crippen LogP contribution in [0.15, 0.2) is 66.0 Å². The molecule has 2 heterocycles. The van der Waals surface area contributed by atoms with Gasteiger partial charge in [0, 0.05) is 36.7 Å². The maximum Gasteiger partial charge on any atom is 0.283 e. The maximum atomic E-state index is 13.5. The molecule has 0 bridgehead atoms. The second kappa shape index (κ2) is 14.1. The van der Waals surface area contributed by atoms with E-state index in [4.69, 9.17) is 0 Å². The van der Waals surface area contributed by atoms with Gasteiger partial charge in [-0.2, -0.15) is 13.7 Å². The zero-order valence-electron chi connectivity index (χ0n) is 23.4. The first-order valence-corrected chi connectivity index (χ1v) is 16.2. The van der Waals surface area contributed by atoms with Crippen molar-refractivity contribution in [2.24, 2.45) is 5.92 Å². The summed E-state index contributed by atoms with van der Waals surface area (Å²) in [6.45, 7) is 7.47. The highest BCUT2D eigenvalue weighted by atomic mass is 32.2. The Morgan fingerprint density at radius 3 is 2.27 bits per heavy atom. The van der Waals surface area contributed by atoms with Gasteiger partial charge in [0.2, 0.25) is 5.91 Å². The molecule has 0 spiro atoms. The average molecular weight is 596 g/mol. The van der Waals surface area contributed by atoms with Gasteiger partial charge in [0.25, 0.3) is 10.1 Å². The fourth-order valence-electron chi connectivity index (χ4n) is 5.06. The molecule has 1 aliphatic heterocycles. The number of nitrogens with zero attached hydrogens (tertiary/aromatic N) is 3. The van der Waals surface area contributed by atoms with Crippen LogP contribution in [0.25, 0.3) is 11.1 Å². The monoisotopic (exact) mass is 595 g/mol. The minimum absolute atomic E-state index is 0.113. The molecule has 3 aromatic rings. The molecule has 1 aliphatic rings. The van der Waals surface area contributed by atoms with Crippen molar-refractivity contribution in [1.29, 1.82) is 5.26 Å². The molecule has 2 atom stereocenters. The fourth-order valence-corrected chi connectivity index (χ4v) is 6.48. The summed E-state index contributed by atoms with van der Waals surface area (Å²) in [4.78, 5) is 17.8. The number of piperazine rings is 1. The van der Waals surface area contributed by atoms with Gasteiger partial charge in [0.15, 0.2) is 0 Å². The highest BCUT2D eigenvalue weighted by molar-refractivity contribution is 7.85. The first-order chi connectivity index (χ1) is 19.6. The SMILES string of the molecule is CC(C)CC(N[C@@H](c1ccc(-c2ccc(N3CCNCC3)cc2)cc1)c1cccs1)C(=O)N(CC#N)CS(=O)(=O)O. The standard InChI is InChI=1S/C30H37N5O4S2/c1-22(2)20-27(30(36)35(16-13-31)21-41(37,38)39)33-29(28-4-3-19-40-28)25-7-5-23(6-8-25)24-9-11-26(12-10-24)34-17-14-32-15-18-34/h3-12,19,22,27,29,32-33H,14-18,20-21H2,1-2H3,(H,37,38,39)/t27?,29-/m0/s1. The van der Waals surface area contributed by atoms with Crippen LogP contribution in [-0.2, 0) is 14.9 Å². The predicted octanol–water partition coefficient (Wildman–Crippen LogP) is 4.12. The molecule has 41 heavy (non-hydrogen) atoms. The van der Waals surface area contributed by atoms with E-state index in [1.165, 1.54) is 5.69 Å². The van der Waals surface area contributed by atoms with Crippen molar-refractivity contribution >= 4 is 33.0 Å². The van der Waals surface area contributed by atoms with Crippen LogP contribution in [0.1, 0.15) is 36.8 Å². The van der Waals surface area contributed by atoms with E-state index in [1.807, 2.05) is 49.6 Å². The lowest BCUT2D eigenvalue weighted by Crippen LogP contribution is -2.49. The van der Waals surface area contributed by atoms with Crippen molar-refractivity contribution in [2.75, 3.05) is 43.5 Å². The Morgan fingerprint density at radius 1 is 1.10 bits per heavy atom. The molecule has 0 saturated carbocycles. The van der Waals surface area contributed by atoms with Gasteiger partial charge in [-0.15, -0.1) is 11.3 Å². The van der Waals surface area contributed by atoms with Gasteiger partial charge >= 0.3 is 0 Å². The Bertz CT molecular complexity index is 1410. The third-order valence-electron chi connectivity index (χ3n) is 7.02. The maximum absolute atomic E-state index is 13.5. The van der Waals surface area contributed by atoms with E-state index in [0.29, 0.717) is 6.42 Å².